The van der Waals surface area contributed by atoms with Gasteiger partial charge >= 0.3 is 0 Å². The number of hydrogen-bond acceptors (Lipinski definition) is 3. The minimum absolute atomic E-state index is 0.0467. The Labute approximate surface area is 151 Å². The van der Waals surface area contributed by atoms with Crippen molar-refractivity contribution >= 4 is 17.7 Å². The van der Waals surface area contributed by atoms with E-state index in [1.165, 1.54) is 0 Å². The minimum atomic E-state index is 0.0467. The van der Waals surface area contributed by atoms with Gasteiger partial charge in [0.2, 0.25) is 17.7 Å². The van der Waals surface area contributed by atoms with E-state index in [2.05, 4.69) is 24.5 Å². The van der Waals surface area contributed by atoms with Gasteiger partial charge in [-0.1, -0.05) is 13.8 Å². The van der Waals surface area contributed by atoms with Gasteiger partial charge in [0.1, 0.15) is 0 Å². The van der Waals surface area contributed by atoms with E-state index in [1.807, 2.05) is 4.90 Å². The van der Waals surface area contributed by atoms with Gasteiger partial charge in [0.15, 0.2) is 0 Å². The number of carbonyl (C=O) groups excluding carboxylic acids is 3. The molecule has 0 spiro atoms. The van der Waals surface area contributed by atoms with E-state index in [0.717, 1.165) is 51.6 Å². The van der Waals surface area contributed by atoms with Crippen LogP contribution in [-0.4, -0.2) is 48.3 Å². The summed E-state index contributed by atoms with van der Waals surface area (Å²) in [5.41, 5.74) is 0. The van der Waals surface area contributed by atoms with E-state index in [0.29, 0.717) is 19.4 Å². The van der Waals surface area contributed by atoms with Gasteiger partial charge in [-0.15, -0.1) is 0 Å². The number of carbonyl (C=O) groups is 3. The lowest BCUT2D eigenvalue weighted by molar-refractivity contribution is -0.137. The fourth-order valence-corrected chi connectivity index (χ4v) is 3.39. The van der Waals surface area contributed by atoms with Gasteiger partial charge in [0, 0.05) is 43.9 Å². The molecule has 0 bridgehead atoms. The number of likely N-dealkylation sites (tertiary alicyclic amines) is 1. The van der Waals surface area contributed by atoms with Crippen molar-refractivity contribution in [2.45, 2.75) is 71.3 Å². The summed E-state index contributed by atoms with van der Waals surface area (Å²) >= 11 is 0. The quantitative estimate of drug-likeness (QED) is 0.622. The predicted octanol–water partition coefficient (Wildman–Crippen LogP) is 1.84. The molecule has 0 aromatic rings. The summed E-state index contributed by atoms with van der Waals surface area (Å²) in [6.45, 7) is 6.17. The van der Waals surface area contributed by atoms with E-state index in [1.54, 1.807) is 0 Å². The molecule has 6 heteroatoms. The zero-order valence-electron chi connectivity index (χ0n) is 15.7. The molecule has 1 aliphatic carbocycles. The summed E-state index contributed by atoms with van der Waals surface area (Å²) < 4.78 is 0. The molecule has 2 aliphatic rings. The Morgan fingerprint density at radius 1 is 1.04 bits per heavy atom. The Morgan fingerprint density at radius 2 is 1.68 bits per heavy atom. The molecule has 1 saturated heterocycles. The lowest BCUT2D eigenvalue weighted by Crippen LogP contribution is -2.48. The Kier molecular flexibility index (Phi) is 7.72. The van der Waals surface area contributed by atoms with Gasteiger partial charge in [-0.3, -0.25) is 14.4 Å². The molecule has 0 unspecified atom stereocenters. The maximum Gasteiger partial charge on any atom is 0.225 e. The SMILES string of the molecule is CCC(CC)C(=O)N1CCC(NC(=O)CCCNC(=O)C2CC2)CC1. The topological polar surface area (TPSA) is 78.5 Å². The standard InChI is InChI=1S/C19H33N3O3/c1-3-14(4-2)19(25)22-12-9-16(10-13-22)21-17(23)6-5-11-20-18(24)15-7-8-15/h14-16H,3-13H2,1-2H3,(H,20,24)(H,21,23). The molecule has 142 valence electrons. The highest BCUT2D eigenvalue weighted by atomic mass is 16.2. The molecule has 6 nitrogen and oxygen atoms in total. The molecule has 0 aromatic heterocycles. The number of nitrogens with one attached hydrogen (secondary N) is 2. The molecular formula is C19H33N3O3. The lowest BCUT2D eigenvalue weighted by atomic mass is 9.98. The van der Waals surface area contributed by atoms with Crippen LogP contribution in [0.25, 0.3) is 0 Å². The number of piperidine rings is 1. The van der Waals surface area contributed by atoms with Crippen molar-refractivity contribution < 1.29 is 14.4 Å². The van der Waals surface area contributed by atoms with Crippen LogP contribution in [0.5, 0.6) is 0 Å². The third-order valence-electron chi connectivity index (χ3n) is 5.33. The second kappa shape index (κ2) is 9.78. The highest BCUT2D eigenvalue weighted by molar-refractivity contribution is 5.81. The summed E-state index contributed by atoms with van der Waals surface area (Å²) in [5.74, 6) is 0.806. The van der Waals surface area contributed by atoms with Crippen LogP contribution in [0.15, 0.2) is 0 Å². The molecule has 1 saturated carbocycles. The van der Waals surface area contributed by atoms with Crippen LogP contribution in [0, 0.1) is 11.8 Å². The van der Waals surface area contributed by atoms with Crippen LogP contribution in [0.2, 0.25) is 0 Å². The highest BCUT2D eigenvalue weighted by Gasteiger charge is 2.29. The number of nitrogens with zero attached hydrogens (tertiary/aromatic N) is 1. The van der Waals surface area contributed by atoms with Crippen molar-refractivity contribution in [3.05, 3.63) is 0 Å². The molecule has 2 fully saturated rings. The smallest absolute Gasteiger partial charge is 0.225 e. The maximum absolute atomic E-state index is 12.4. The number of hydrogen-bond donors (Lipinski definition) is 2. The lowest BCUT2D eigenvalue weighted by Gasteiger charge is -2.34. The molecule has 0 atom stereocenters. The van der Waals surface area contributed by atoms with E-state index in [4.69, 9.17) is 0 Å². The van der Waals surface area contributed by atoms with Crippen molar-refractivity contribution in [2.75, 3.05) is 19.6 Å². The first kappa shape index (κ1) is 19.7. The average molecular weight is 351 g/mol. The van der Waals surface area contributed by atoms with E-state index >= 15 is 0 Å². The minimum Gasteiger partial charge on any atom is -0.356 e. The van der Waals surface area contributed by atoms with Gasteiger partial charge in [-0.25, -0.2) is 0 Å². The summed E-state index contributed by atoms with van der Waals surface area (Å²) in [7, 11) is 0. The average Bonchev–Trinajstić information content (AvgIpc) is 3.45. The van der Waals surface area contributed by atoms with E-state index in [-0.39, 0.29) is 35.6 Å². The second-order valence-electron chi connectivity index (χ2n) is 7.35. The van der Waals surface area contributed by atoms with Crippen molar-refractivity contribution in [1.29, 1.82) is 0 Å². The van der Waals surface area contributed by atoms with Crippen LogP contribution in [0.3, 0.4) is 0 Å². The summed E-state index contributed by atoms with van der Waals surface area (Å²) in [6.07, 6.45) is 6.57. The normalized spacial score (nSPS) is 18.3. The Morgan fingerprint density at radius 3 is 2.24 bits per heavy atom. The van der Waals surface area contributed by atoms with Crippen LogP contribution < -0.4 is 10.6 Å². The maximum atomic E-state index is 12.4. The summed E-state index contributed by atoms with van der Waals surface area (Å²) in [6, 6.07) is 0.166. The third-order valence-corrected chi connectivity index (χ3v) is 5.33. The molecule has 1 aliphatic heterocycles. The van der Waals surface area contributed by atoms with Crippen molar-refractivity contribution in [3.63, 3.8) is 0 Å². The number of rotatable bonds is 9. The fraction of sp³-hybridized carbons (Fsp3) is 0.842. The Balaban J connectivity index is 1.58. The van der Waals surface area contributed by atoms with Gasteiger partial charge in [-0.2, -0.15) is 0 Å². The van der Waals surface area contributed by atoms with Crippen LogP contribution in [0.1, 0.15) is 65.2 Å². The molecule has 3 amide bonds. The zero-order valence-corrected chi connectivity index (χ0v) is 15.7. The first-order valence-corrected chi connectivity index (χ1v) is 9.91. The second-order valence-corrected chi connectivity index (χ2v) is 7.35. The Hall–Kier alpha value is -1.59. The molecule has 25 heavy (non-hydrogen) atoms. The Bertz CT molecular complexity index is 465. The van der Waals surface area contributed by atoms with E-state index < -0.39 is 0 Å². The molecule has 0 aromatic carbocycles. The molecule has 1 heterocycles. The monoisotopic (exact) mass is 351 g/mol. The molecule has 2 N–H and O–H groups in total. The first-order valence-electron chi connectivity index (χ1n) is 9.91. The van der Waals surface area contributed by atoms with Crippen molar-refractivity contribution in [3.8, 4) is 0 Å². The predicted molar refractivity (Wildman–Crippen MR) is 96.8 cm³/mol. The molecule has 2 rings (SSSR count). The highest BCUT2D eigenvalue weighted by Crippen LogP contribution is 2.28. The number of amides is 3. The molecule has 0 radical (unpaired) electrons. The van der Waals surface area contributed by atoms with Crippen LogP contribution in [-0.2, 0) is 14.4 Å². The van der Waals surface area contributed by atoms with Gasteiger partial charge in [-0.05, 0) is 44.9 Å². The van der Waals surface area contributed by atoms with Gasteiger partial charge in [0.05, 0.1) is 0 Å². The largest absolute Gasteiger partial charge is 0.356 e. The van der Waals surface area contributed by atoms with Crippen LogP contribution in [0.4, 0.5) is 0 Å². The summed E-state index contributed by atoms with van der Waals surface area (Å²) in [4.78, 5) is 37.8. The van der Waals surface area contributed by atoms with Crippen molar-refractivity contribution in [1.82, 2.24) is 15.5 Å². The van der Waals surface area contributed by atoms with Crippen LogP contribution >= 0.6 is 0 Å². The molecular weight excluding hydrogens is 318 g/mol. The summed E-state index contributed by atoms with van der Waals surface area (Å²) in [5, 5.41) is 5.95. The van der Waals surface area contributed by atoms with Crippen molar-refractivity contribution in [2.24, 2.45) is 11.8 Å². The van der Waals surface area contributed by atoms with Gasteiger partial charge < -0.3 is 15.5 Å². The first-order chi connectivity index (χ1) is 12.0. The van der Waals surface area contributed by atoms with Gasteiger partial charge in [0.25, 0.3) is 0 Å². The fourth-order valence-electron chi connectivity index (χ4n) is 3.39. The van der Waals surface area contributed by atoms with E-state index in [9.17, 15) is 14.4 Å². The zero-order chi connectivity index (χ0) is 18.2. The third kappa shape index (κ3) is 6.33.